The lowest BCUT2D eigenvalue weighted by Crippen LogP contribution is -2.39. The van der Waals surface area contributed by atoms with Gasteiger partial charge in [0.1, 0.15) is 30.5 Å². The minimum absolute atomic E-state index is 0.0165. The molecule has 0 aliphatic heterocycles. The Labute approximate surface area is 254 Å². The van der Waals surface area contributed by atoms with Crippen LogP contribution in [0.1, 0.15) is 81.7 Å². The van der Waals surface area contributed by atoms with Gasteiger partial charge in [-0.2, -0.15) is 0 Å². The minimum atomic E-state index is -1.12. The lowest BCUT2D eigenvalue weighted by molar-refractivity contribution is -0.155. The Balaban J connectivity index is 2.96. The third-order valence-corrected chi connectivity index (χ3v) is 6.46. The smallest absolute Gasteiger partial charge is 0.458 e. The minimum Gasteiger partial charge on any atom is -0.458 e. The van der Waals surface area contributed by atoms with Gasteiger partial charge < -0.3 is 38.9 Å². The molecule has 5 atom stereocenters. The molecule has 1 aromatic rings. The monoisotopic (exact) mass is 611 g/mol. The van der Waals surface area contributed by atoms with Gasteiger partial charge in [-0.1, -0.05) is 54.5 Å². The lowest BCUT2D eigenvalue weighted by Gasteiger charge is -2.23. The molecule has 0 aliphatic carbocycles. The first-order valence-corrected chi connectivity index (χ1v) is 14.5. The molecule has 1 aromatic carbocycles. The highest BCUT2D eigenvalue weighted by atomic mass is 16.8. The topological polar surface area (TPSA) is 159 Å². The van der Waals surface area contributed by atoms with Crippen LogP contribution in [0.15, 0.2) is 18.2 Å². The maximum atomic E-state index is 12.7. The highest BCUT2D eigenvalue weighted by Gasteiger charge is 2.27. The molecule has 12 heteroatoms. The number of carbonyl (C=O) groups excluding carboxylic acids is 4. The fourth-order valence-electron chi connectivity index (χ4n) is 2.91. The van der Waals surface area contributed by atoms with E-state index in [1.807, 2.05) is 48.5 Å². The summed E-state index contributed by atoms with van der Waals surface area (Å²) in [5.74, 6) is -0.870. The summed E-state index contributed by atoms with van der Waals surface area (Å²) in [7, 11) is 0. The summed E-state index contributed by atoms with van der Waals surface area (Å²) < 4.78 is 36.9. The summed E-state index contributed by atoms with van der Waals surface area (Å²) in [5, 5.41) is 0. The van der Waals surface area contributed by atoms with Crippen LogP contribution in [-0.2, 0) is 34.9 Å². The Morgan fingerprint density at radius 1 is 0.674 bits per heavy atom. The van der Waals surface area contributed by atoms with Crippen molar-refractivity contribution in [2.75, 3.05) is 6.61 Å². The predicted octanol–water partition coefficient (Wildman–Crippen LogP) is 6.20. The van der Waals surface area contributed by atoms with E-state index in [0.29, 0.717) is 5.56 Å². The molecule has 0 aliphatic rings. The molecule has 1 rings (SSSR count). The molecule has 12 nitrogen and oxygen atoms in total. The van der Waals surface area contributed by atoms with Crippen LogP contribution < -0.4 is 15.2 Å². The SMILES string of the molecule is CC(C)C(C)OC(=O)Oc1ccc(C[C@H](N)C(=O)O[C@@H](C)[C@H](C)OC(=O)OCC(C)(C)C)cc1OC(=O)OC(C)C(C)C. The number of ether oxygens (including phenoxy) is 7. The maximum absolute atomic E-state index is 12.7. The van der Waals surface area contributed by atoms with Crippen molar-refractivity contribution >= 4 is 24.4 Å². The Bertz CT molecular complexity index is 1080. The average Bonchev–Trinajstić information content (AvgIpc) is 2.88. The zero-order valence-electron chi connectivity index (χ0n) is 27.3. The normalized spacial score (nSPS) is 15.0. The third kappa shape index (κ3) is 14.5. The van der Waals surface area contributed by atoms with E-state index in [4.69, 9.17) is 38.9 Å². The Hall–Kier alpha value is -3.54. The van der Waals surface area contributed by atoms with E-state index in [9.17, 15) is 19.2 Å². The first-order valence-electron chi connectivity index (χ1n) is 14.5. The molecule has 0 radical (unpaired) electrons. The van der Waals surface area contributed by atoms with Crippen LogP contribution in [-0.4, -0.2) is 61.5 Å². The van der Waals surface area contributed by atoms with Crippen molar-refractivity contribution in [2.45, 2.75) is 113 Å². The van der Waals surface area contributed by atoms with Gasteiger partial charge in [0.15, 0.2) is 11.5 Å². The highest BCUT2D eigenvalue weighted by Crippen LogP contribution is 2.30. The fourth-order valence-corrected chi connectivity index (χ4v) is 2.91. The molecule has 2 N–H and O–H groups in total. The molecule has 0 heterocycles. The summed E-state index contributed by atoms with van der Waals surface area (Å²) >= 11 is 0. The number of benzene rings is 1. The summed E-state index contributed by atoms with van der Waals surface area (Å²) in [6, 6.07) is 3.23. The van der Waals surface area contributed by atoms with Gasteiger partial charge in [-0.25, -0.2) is 14.4 Å². The van der Waals surface area contributed by atoms with Crippen molar-refractivity contribution in [2.24, 2.45) is 23.0 Å². The van der Waals surface area contributed by atoms with E-state index in [1.54, 1.807) is 33.8 Å². The van der Waals surface area contributed by atoms with Gasteiger partial charge in [-0.15, -0.1) is 0 Å². The van der Waals surface area contributed by atoms with Crippen LogP contribution in [0.5, 0.6) is 11.5 Å². The molecule has 43 heavy (non-hydrogen) atoms. The first-order chi connectivity index (χ1) is 19.8. The van der Waals surface area contributed by atoms with Crippen molar-refractivity contribution in [1.82, 2.24) is 0 Å². The molecule has 0 bridgehead atoms. The lowest BCUT2D eigenvalue weighted by atomic mass is 9.99. The van der Waals surface area contributed by atoms with Crippen LogP contribution in [0.4, 0.5) is 14.4 Å². The summed E-state index contributed by atoms with van der Waals surface area (Å²) in [4.78, 5) is 49.5. The molecule has 0 aromatic heterocycles. The van der Waals surface area contributed by atoms with Crippen molar-refractivity contribution in [3.63, 3.8) is 0 Å². The van der Waals surface area contributed by atoms with E-state index in [2.05, 4.69) is 0 Å². The molecular formula is C31H49NO11. The third-order valence-electron chi connectivity index (χ3n) is 6.46. The van der Waals surface area contributed by atoms with E-state index < -0.39 is 54.9 Å². The van der Waals surface area contributed by atoms with Crippen LogP contribution >= 0.6 is 0 Å². The van der Waals surface area contributed by atoms with Crippen molar-refractivity contribution in [3.05, 3.63) is 23.8 Å². The highest BCUT2D eigenvalue weighted by molar-refractivity contribution is 5.76. The van der Waals surface area contributed by atoms with Crippen LogP contribution in [0.25, 0.3) is 0 Å². The first kappa shape index (κ1) is 37.5. The molecule has 0 amide bonds. The van der Waals surface area contributed by atoms with Gasteiger partial charge in [-0.3, -0.25) is 4.79 Å². The quantitative estimate of drug-likeness (QED) is 0.153. The second kappa shape index (κ2) is 16.9. The van der Waals surface area contributed by atoms with Gasteiger partial charge in [0.25, 0.3) is 0 Å². The largest absolute Gasteiger partial charge is 0.514 e. The number of esters is 1. The number of carbonyl (C=O) groups is 4. The molecule has 2 unspecified atom stereocenters. The van der Waals surface area contributed by atoms with Gasteiger partial charge >= 0.3 is 24.4 Å². The zero-order chi connectivity index (χ0) is 33.1. The molecular weight excluding hydrogens is 562 g/mol. The number of rotatable bonds is 13. The van der Waals surface area contributed by atoms with Crippen molar-refractivity contribution in [1.29, 1.82) is 0 Å². The fraction of sp³-hybridized carbons (Fsp3) is 0.677. The standard InChI is InChI=1S/C31H49NO11/c1-17(2)19(5)39-29(35)42-25-13-12-23(15-26(25)43-30(36)40-20(6)18(3)4)14-24(32)27(33)38-21(7)22(8)41-28(34)37-16-31(9,10)11/h12-13,15,17-22,24H,14,16,32H2,1-11H3/t19?,20?,21-,22-,24-/m0/s1. The summed E-state index contributed by atoms with van der Waals surface area (Å²) in [6.07, 6.45) is -5.32. The molecule has 0 saturated heterocycles. The van der Waals surface area contributed by atoms with Gasteiger partial charge in [0.2, 0.25) is 0 Å². The van der Waals surface area contributed by atoms with Crippen LogP contribution in [0, 0.1) is 17.3 Å². The maximum Gasteiger partial charge on any atom is 0.514 e. The van der Waals surface area contributed by atoms with Crippen LogP contribution in [0.3, 0.4) is 0 Å². The van der Waals surface area contributed by atoms with Gasteiger partial charge in [-0.05, 0) is 69.1 Å². The second-order valence-corrected chi connectivity index (χ2v) is 12.5. The molecule has 244 valence electrons. The van der Waals surface area contributed by atoms with Gasteiger partial charge in [0.05, 0.1) is 6.61 Å². The second-order valence-electron chi connectivity index (χ2n) is 12.5. The van der Waals surface area contributed by atoms with E-state index in [0.717, 1.165) is 0 Å². The predicted molar refractivity (Wildman–Crippen MR) is 158 cm³/mol. The number of hydrogen-bond donors (Lipinski definition) is 1. The van der Waals surface area contributed by atoms with E-state index >= 15 is 0 Å². The average molecular weight is 612 g/mol. The Morgan fingerprint density at radius 3 is 1.63 bits per heavy atom. The van der Waals surface area contributed by atoms with Crippen LogP contribution in [0.2, 0.25) is 0 Å². The Kier molecular flexibility index (Phi) is 14.8. The summed E-state index contributed by atoms with van der Waals surface area (Å²) in [5.41, 5.74) is 6.35. The number of hydrogen-bond acceptors (Lipinski definition) is 12. The van der Waals surface area contributed by atoms with E-state index in [-0.39, 0.29) is 41.8 Å². The zero-order valence-corrected chi connectivity index (χ0v) is 27.3. The van der Waals surface area contributed by atoms with Crippen molar-refractivity contribution in [3.8, 4) is 11.5 Å². The van der Waals surface area contributed by atoms with Crippen molar-refractivity contribution < 1.29 is 52.3 Å². The van der Waals surface area contributed by atoms with Gasteiger partial charge in [0, 0.05) is 0 Å². The Morgan fingerprint density at radius 2 is 1.14 bits per heavy atom. The van der Waals surface area contributed by atoms with E-state index in [1.165, 1.54) is 12.1 Å². The number of nitrogens with two attached hydrogens (primary N) is 1. The molecule has 0 saturated carbocycles. The summed E-state index contributed by atoms with van der Waals surface area (Å²) in [6.45, 7) is 20.0. The molecule has 0 fully saturated rings. The molecule has 0 spiro atoms.